The molecule has 1 rings (SSSR count). The lowest BCUT2D eigenvalue weighted by Gasteiger charge is -2.34. The highest BCUT2D eigenvalue weighted by Crippen LogP contribution is 2.54. The third kappa shape index (κ3) is 6.97. The van der Waals surface area contributed by atoms with Gasteiger partial charge in [-0.25, -0.2) is 8.42 Å². The molecule has 0 bridgehead atoms. The third-order valence-corrected chi connectivity index (χ3v) is 7.06. The molecule has 1 fully saturated rings. The van der Waals surface area contributed by atoms with Crippen molar-refractivity contribution in [1.29, 1.82) is 0 Å². The molecule has 0 unspecified atom stereocenters. The molecule has 0 atom stereocenters. The lowest BCUT2D eigenvalue weighted by molar-refractivity contribution is -0.382. The molecule has 5 nitrogen and oxygen atoms in total. The zero-order valence-electron chi connectivity index (χ0n) is 16.3. The van der Waals surface area contributed by atoms with Gasteiger partial charge < -0.3 is 4.55 Å². The van der Waals surface area contributed by atoms with Gasteiger partial charge in [0.2, 0.25) is 0 Å². The van der Waals surface area contributed by atoms with Crippen LogP contribution in [0.3, 0.4) is 0 Å². The topological polar surface area (TPSA) is 91.3 Å². The van der Waals surface area contributed by atoms with E-state index in [2.05, 4.69) is 0 Å². The van der Waals surface area contributed by atoms with Gasteiger partial charge in [0.1, 0.15) is 17.3 Å². The van der Waals surface area contributed by atoms with E-state index in [1.54, 1.807) is 0 Å². The summed E-state index contributed by atoms with van der Waals surface area (Å²) in [7, 11) is -7.23. The van der Waals surface area contributed by atoms with Crippen LogP contribution < -0.4 is 0 Å². The minimum absolute atomic E-state index is 0.188. The first kappa shape index (κ1) is 30.0. The van der Waals surface area contributed by atoms with Crippen LogP contribution in [0.2, 0.25) is 0 Å². The van der Waals surface area contributed by atoms with Gasteiger partial charge in [-0.05, 0) is 10.9 Å². The Hall–Kier alpha value is -1.03. The molecule has 0 aromatic carbocycles. The predicted molar refractivity (Wildman–Crippen MR) is 91.3 cm³/mol. The van der Waals surface area contributed by atoms with Gasteiger partial charge in [-0.1, -0.05) is 20.8 Å². The van der Waals surface area contributed by atoms with E-state index in [4.69, 9.17) is 0 Å². The molecular formula is C15H19F9O5S2. The Bertz CT molecular complexity index is 761. The average Bonchev–Trinajstić information content (AvgIpc) is 2.54. The maximum absolute atomic E-state index is 12.2. The van der Waals surface area contributed by atoms with Crippen molar-refractivity contribution in [1.82, 2.24) is 0 Å². The molecule has 1 heterocycles. The van der Waals surface area contributed by atoms with E-state index < -0.39 is 33.4 Å². The summed E-state index contributed by atoms with van der Waals surface area (Å²) in [4.78, 5) is 22.7. The lowest BCUT2D eigenvalue weighted by atomic mass is 9.92. The summed E-state index contributed by atoms with van der Waals surface area (Å²) >= 11 is 0. The molecule has 1 aliphatic heterocycles. The number of carbonyl (C=O) groups is 2. The molecule has 0 radical (unpaired) electrons. The van der Waals surface area contributed by atoms with Gasteiger partial charge in [0, 0.05) is 5.41 Å². The van der Waals surface area contributed by atoms with E-state index in [1.807, 2.05) is 20.8 Å². The summed E-state index contributed by atoms with van der Waals surface area (Å²) in [5.41, 5.74) is -0.214. The Morgan fingerprint density at radius 1 is 0.903 bits per heavy atom. The molecule has 1 aliphatic rings. The predicted octanol–water partition coefficient (Wildman–Crippen LogP) is 3.54. The first-order valence-electron chi connectivity index (χ1n) is 8.24. The highest BCUT2D eigenvalue weighted by atomic mass is 32.2. The van der Waals surface area contributed by atoms with Gasteiger partial charge in [0.15, 0.2) is 21.7 Å². The molecule has 16 heteroatoms. The fourth-order valence-electron chi connectivity index (χ4n) is 1.81. The Labute approximate surface area is 174 Å². The molecule has 0 N–H and O–H groups in total. The van der Waals surface area contributed by atoms with Crippen molar-refractivity contribution < 1.29 is 62.1 Å². The van der Waals surface area contributed by atoms with E-state index in [0.29, 0.717) is 30.2 Å². The molecule has 184 valence electrons. The molecule has 0 amide bonds. The second-order valence-electron chi connectivity index (χ2n) is 7.49. The summed E-state index contributed by atoms with van der Waals surface area (Å²) in [6.45, 7) is 5.90. The second kappa shape index (κ2) is 9.45. The van der Waals surface area contributed by atoms with Gasteiger partial charge in [0.25, 0.3) is 0 Å². The van der Waals surface area contributed by atoms with Crippen molar-refractivity contribution in [3.05, 3.63) is 0 Å². The lowest BCUT2D eigenvalue weighted by Crippen LogP contribution is -2.63. The molecule has 1 saturated heterocycles. The van der Waals surface area contributed by atoms with Gasteiger partial charge in [-0.15, -0.1) is 0 Å². The van der Waals surface area contributed by atoms with Crippen molar-refractivity contribution in [2.45, 2.75) is 56.9 Å². The highest BCUT2D eigenvalue weighted by molar-refractivity contribution is 7.97. The monoisotopic (exact) mass is 514 g/mol. The number of halogens is 9. The minimum Gasteiger partial charge on any atom is -0.743 e. The number of ketones is 2. The first-order valence-corrected chi connectivity index (χ1v) is 11.4. The maximum atomic E-state index is 12.2. The van der Waals surface area contributed by atoms with Crippen LogP contribution in [-0.2, 0) is 30.6 Å². The van der Waals surface area contributed by atoms with Crippen LogP contribution in [0.5, 0.6) is 0 Å². The van der Waals surface area contributed by atoms with Crippen molar-refractivity contribution >= 4 is 32.6 Å². The molecular weight excluding hydrogens is 495 g/mol. The van der Waals surface area contributed by atoms with E-state index in [-0.39, 0.29) is 16.3 Å². The molecule has 0 aliphatic carbocycles. The van der Waals surface area contributed by atoms with Gasteiger partial charge in [-0.2, -0.15) is 39.5 Å². The van der Waals surface area contributed by atoms with Crippen molar-refractivity contribution in [2.75, 3.05) is 17.3 Å². The Morgan fingerprint density at radius 3 is 1.58 bits per heavy atom. The SMILES string of the molecule is CC(C)(C)C(=O)C[S+]1CCC(=O)CC1.O=S(=O)([O-])C(F)(F)C(F)(F)C(F)(F)C(F)(F)F. The fraction of sp³-hybridized carbons (Fsp3) is 0.867. The number of rotatable bonds is 5. The quantitative estimate of drug-likeness (QED) is 0.318. The smallest absolute Gasteiger partial charge is 0.460 e. The summed E-state index contributed by atoms with van der Waals surface area (Å²) in [5, 5.41) is -7.11. The Kier molecular flexibility index (Phi) is 9.14. The van der Waals surface area contributed by atoms with Crippen LogP contribution in [0, 0.1) is 5.41 Å². The zero-order chi connectivity index (χ0) is 25.3. The normalized spacial score (nSPS) is 17.8. The summed E-state index contributed by atoms with van der Waals surface area (Å²) < 4.78 is 135. The van der Waals surface area contributed by atoms with Crippen LogP contribution >= 0.6 is 0 Å². The van der Waals surface area contributed by atoms with Gasteiger partial charge >= 0.3 is 23.3 Å². The van der Waals surface area contributed by atoms with E-state index in [9.17, 15) is 62.1 Å². The molecule has 0 aromatic heterocycles. The van der Waals surface area contributed by atoms with Crippen LogP contribution in [-0.4, -0.2) is 65.1 Å². The molecule has 0 saturated carbocycles. The van der Waals surface area contributed by atoms with E-state index in [1.165, 1.54) is 0 Å². The third-order valence-electron chi connectivity index (χ3n) is 3.94. The number of alkyl halides is 9. The van der Waals surface area contributed by atoms with E-state index >= 15 is 0 Å². The van der Waals surface area contributed by atoms with Crippen LogP contribution in [0.1, 0.15) is 33.6 Å². The first-order chi connectivity index (χ1) is 13.4. The van der Waals surface area contributed by atoms with Gasteiger partial charge in [0.05, 0.1) is 12.8 Å². The minimum atomic E-state index is -7.43. The highest BCUT2D eigenvalue weighted by Gasteiger charge is 2.83. The largest absolute Gasteiger partial charge is 0.743 e. The Balaban J connectivity index is 0.000000590. The average molecular weight is 514 g/mol. The fourth-order valence-corrected chi connectivity index (χ4v) is 4.58. The van der Waals surface area contributed by atoms with E-state index in [0.717, 1.165) is 11.5 Å². The molecule has 0 aromatic rings. The standard InChI is InChI=1S/C11H19O2S.C4HF9O3S/c1-11(2,3)10(13)8-14-6-4-9(12)5-7-14;5-1(6,3(9,10)11)2(7,8)4(12,13)17(14,15)16/h4-8H2,1-3H3;(H,14,15,16)/q+1;/p-1. The number of hydrogen-bond acceptors (Lipinski definition) is 5. The van der Waals surface area contributed by atoms with Crippen LogP contribution in [0.25, 0.3) is 0 Å². The zero-order valence-corrected chi connectivity index (χ0v) is 17.9. The Morgan fingerprint density at radius 2 is 1.29 bits per heavy atom. The van der Waals surface area contributed by atoms with Crippen molar-refractivity contribution in [3.8, 4) is 0 Å². The number of Topliss-reactive ketones (excluding diaryl/α,β-unsaturated/α-hetero) is 2. The second-order valence-corrected chi connectivity index (χ2v) is 11.2. The van der Waals surface area contributed by atoms with Crippen LogP contribution in [0.4, 0.5) is 39.5 Å². The van der Waals surface area contributed by atoms with Crippen LogP contribution in [0.15, 0.2) is 0 Å². The summed E-state index contributed by atoms with van der Waals surface area (Å²) in [6.07, 6.45) is -5.77. The molecule has 31 heavy (non-hydrogen) atoms. The van der Waals surface area contributed by atoms with Crippen molar-refractivity contribution in [3.63, 3.8) is 0 Å². The van der Waals surface area contributed by atoms with Crippen molar-refractivity contribution in [2.24, 2.45) is 5.41 Å². The maximum Gasteiger partial charge on any atom is 0.460 e. The summed E-state index contributed by atoms with van der Waals surface area (Å²) in [6, 6.07) is 0. The number of hydrogen-bond donors (Lipinski definition) is 0. The number of carbonyl (C=O) groups excluding carboxylic acids is 2. The summed E-state index contributed by atoms with van der Waals surface area (Å²) in [5.74, 6) is -11.5. The van der Waals surface area contributed by atoms with Gasteiger partial charge in [-0.3, -0.25) is 9.59 Å². The molecule has 0 spiro atoms.